The molecule has 1 heteroatoms. The topological polar surface area (TPSA) is 9.23 Å². The number of allylic oxidation sites excluding steroid dienone is 2. The Bertz CT molecular complexity index is 353. The molecular formula is C13H14O. The highest BCUT2D eigenvalue weighted by molar-refractivity contribution is 5.42. The van der Waals surface area contributed by atoms with Crippen molar-refractivity contribution in [2.75, 3.05) is 0 Å². The largest absolute Gasteiger partial charge is 0.461 e. The van der Waals surface area contributed by atoms with Gasteiger partial charge in [-0.15, -0.1) is 0 Å². The van der Waals surface area contributed by atoms with Crippen LogP contribution in [-0.4, -0.2) is 0 Å². The number of hydrogen-bond acceptors (Lipinski definition) is 1. The molecule has 0 fully saturated rings. The maximum absolute atomic E-state index is 5.92. The second-order valence-electron chi connectivity index (χ2n) is 4.12. The molecule has 0 amide bonds. The van der Waals surface area contributed by atoms with Gasteiger partial charge in [0, 0.05) is 12.8 Å². The molecule has 2 aliphatic rings. The molecule has 1 aliphatic heterocycles. The highest BCUT2D eigenvalue weighted by Crippen LogP contribution is 2.36. The molecule has 1 heterocycles. The SMILES string of the molecule is c1ccc2c(c1)CC1=C(CCCC1)O2. The second-order valence-corrected chi connectivity index (χ2v) is 4.12. The van der Waals surface area contributed by atoms with Gasteiger partial charge in [-0.2, -0.15) is 0 Å². The maximum Gasteiger partial charge on any atom is 0.130 e. The summed E-state index contributed by atoms with van der Waals surface area (Å²) in [5.74, 6) is 2.34. The fourth-order valence-corrected chi connectivity index (χ4v) is 2.36. The van der Waals surface area contributed by atoms with Crippen LogP contribution in [0.3, 0.4) is 0 Å². The van der Waals surface area contributed by atoms with Crippen LogP contribution < -0.4 is 4.74 Å². The van der Waals surface area contributed by atoms with Gasteiger partial charge in [0.05, 0.1) is 0 Å². The minimum absolute atomic E-state index is 1.08. The summed E-state index contributed by atoms with van der Waals surface area (Å²) >= 11 is 0. The third-order valence-corrected chi connectivity index (χ3v) is 3.14. The summed E-state index contributed by atoms with van der Waals surface area (Å²) in [6.07, 6.45) is 6.13. The van der Waals surface area contributed by atoms with E-state index in [1.54, 1.807) is 0 Å². The molecule has 72 valence electrons. The van der Waals surface area contributed by atoms with Crippen molar-refractivity contribution in [2.45, 2.75) is 32.1 Å². The summed E-state index contributed by atoms with van der Waals surface area (Å²) in [5, 5.41) is 0. The lowest BCUT2D eigenvalue weighted by Crippen LogP contribution is -2.13. The van der Waals surface area contributed by atoms with Gasteiger partial charge in [-0.25, -0.2) is 0 Å². The molecule has 1 aromatic carbocycles. The summed E-state index contributed by atoms with van der Waals surface area (Å²) in [7, 11) is 0. The Hall–Kier alpha value is -1.24. The molecule has 0 atom stereocenters. The zero-order valence-corrected chi connectivity index (χ0v) is 8.25. The standard InChI is InChI=1S/C13H14O/c1-3-7-12-10(5-1)9-11-6-2-4-8-13(11)14-12/h1,3,5,7H,2,4,6,8-9H2. The molecule has 0 bridgehead atoms. The maximum atomic E-state index is 5.92. The molecule has 0 saturated carbocycles. The smallest absolute Gasteiger partial charge is 0.130 e. The van der Waals surface area contributed by atoms with Gasteiger partial charge in [0.1, 0.15) is 11.5 Å². The van der Waals surface area contributed by atoms with E-state index in [9.17, 15) is 0 Å². The summed E-state index contributed by atoms with van der Waals surface area (Å²) < 4.78 is 5.92. The van der Waals surface area contributed by atoms with Crippen LogP contribution in [0.25, 0.3) is 0 Å². The van der Waals surface area contributed by atoms with Crippen molar-refractivity contribution < 1.29 is 4.74 Å². The van der Waals surface area contributed by atoms with E-state index in [4.69, 9.17) is 4.74 Å². The molecule has 1 aliphatic carbocycles. The predicted octanol–water partition coefficient (Wildman–Crippen LogP) is 3.45. The van der Waals surface area contributed by atoms with Crippen molar-refractivity contribution in [3.63, 3.8) is 0 Å². The fraction of sp³-hybridized carbons (Fsp3) is 0.385. The molecular weight excluding hydrogens is 172 g/mol. The Morgan fingerprint density at radius 1 is 1.00 bits per heavy atom. The van der Waals surface area contributed by atoms with Crippen molar-refractivity contribution in [3.05, 3.63) is 41.2 Å². The lowest BCUT2D eigenvalue weighted by Gasteiger charge is -2.26. The van der Waals surface area contributed by atoms with E-state index in [0.29, 0.717) is 0 Å². The first kappa shape index (κ1) is 8.10. The highest BCUT2D eigenvalue weighted by atomic mass is 16.5. The van der Waals surface area contributed by atoms with Gasteiger partial charge in [-0.05, 0) is 36.5 Å². The van der Waals surface area contributed by atoms with Gasteiger partial charge < -0.3 is 4.74 Å². The number of ether oxygens (including phenoxy) is 1. The van der Waals surface area contributed by atoms with Crippen LogP contribution in [-0.2, 0) is 6.42 Å². The van der Waals surface area contributed by atoms with Crippen molar-refractivity contribution >= 4 is 0 Å². The number of rotatable bonds is 0. The number of benzene rings is 1. The van der Waals surface area contributed by atoms with Gasteiger partial charge in [0.2, 0.25) is 0 Å². The molecule has 0 radical (unpaired) electrons. The van der Waals surface area contributed by atoms with Crippen LogP contribution in [0.5, 0.6) is 5.75 Å². The van der Waals surface area contributed by atoms with E-state index in [2.05, 4.69) is 18.2 Å². The first-order valence-electron chi connectivity index (χ1n) is 5.40. The van der Waals surface area contributed by atoms with Crippen LogP contribution in [0.1, 0.15) is 31.2 Å². The Labute approximate surface area is 84.4 Å². The average molecular weight is 186 g/mol. The van der Waals surface area contributed by atoms with Crippen LogP contribution >= 0.6 is 0 Å². The number of para-hydroxylation sites is 1. The molecule has 1 nitrogen and oxygen atoms in total. The monoisotopic (exact) mass is 186 g/mol. The molecule has 3 rings (SSSR count). The van der Waals surface area contributed by atoms with Gasteiger partial charge in [-0.3, -0.25) is 0 Å². The van der Waals surface area contributed by atoms with Crippen LogP contribution in [0.4, 0.5) is 0 Å². The molecule has 14 heavy (non-hydrogen) atoms. The summed E-state index contributed by atoms with van der Waals surface area (Å²) in [6, 6.07) is 8.39. The summed E-state index contributed by atoms with van der Waals surface area (Å²) in [4.78, 5) is 0. The first-order valence-corrected chi connectivity index (χ1v) is 5.40. The molecule has 0 N–H and O–H groups in total. The Balaban J connectivity index is 1.99. The Morgan fingerprint density at radius 3 is 2.86 bits per heavy atom. The van der Waals surface area contributed by atoms with E-state index in [1.807, 2.05) is 6.07 Å². The van der Waals surface area contributed by atoms with E-state index < -0.39 is 0 Å². The lowest BCUT2D eigenvalue weighted by atomic mass is 9.90. The Kier molecular flexibility index (Phi) is 1.83. The van der Waals surface area contributed by atoms with Crippen LogP contribution in [0, 0.1) is 0 Å². The summed E-state index contributed by atoms with van der Waals surface area (Å²) in [6.45, 7) is 0. The van der Waals surface area contributed by atoms with E-state index in [-0.39, 0.29) is 0 Å². The molecule has 0 aromatic heterocycles. The number of hydrogen-bond donors (Lipinski definition) is 0. The Morgan fingerprint density at radius 2 is 1.86 bits per heavy atom. The van der Waals surface area contributed by atoms with E-state index in [1.165, 1.54) is 36.2 Å². The van der Waals surface area contributed by atoms with Gasteiger partial charge in [0.15, 0.2) is 0 Å². The zero-order chi connectivity index (χ0) is 9.38. The minimum atomic E-state index is 1.08. The first-order chi connectivity index (χ1) is 6.93. The zero-order valence-electron chi connectivity index (χ0n) is 8.25. The van der Waals surface area contributed by atoms with Crippen molar-refractivity contribution in [3.8, 4) is 5.75 Å². The fourth-order valence-electron chi connectivity index (χ4n) is 2.36. The number of fused-ring (bicyclic) bond motifs is 1. The van der Waals surface area contributed by atoms with Crippen LogP contribution in [0.2, 0.25) is 0 Å². The average Bonchev–Trinajstić information content (AvgIpc) is 2.26. The summed E-state index contributed by atoms with van der Waals surface area (Å²) in [5.41, 5.74) is 2.89. The quantitative estimate of drug-likeness (QED) is 0.603. The molecule has 0 saturated heterocycles. The highest BCUT2D eigenvalue weighted by Gasteiger charge is 2.21. The van der Waals surface area contributed by atoms with Gasteiger partial charge >= 0.3 is 0 Å². The molecule has 1 aromatic rings. The van der Waals surface area contributed by atoms with E-state index in [0.717, 1.165) is 18.6 Å². The minimum Gasteiger partial charge on any atom is -0.461 e. The predicted molar refractivity (Wildman–Crippen MR) is 56.3 cm³/mol. The van der Waals surface area contributed by atoms with Crippen molar-refractivity contribution in [1.29, 1.82) is 0 Å². The van der Waals surface area contributed by atoms with Crippen molar-refractivity contribution in [1.82, 2.24) is 0 Å². The van der Waals surface area contributed by atoms with Gasteiger partial charge in [-0.1, -0.05) is 18.2 Å². The third-order valence-electron chi connectivity index (χ3n) is 3.14. The lowest BCUT2D eigenvalue weighted by molar-refractivity contribution is 0.356. The van der Waals surface area contributed by atoms with Gasteiger partial charge in [0.25, 0.3) is 0 Å². The third kappa shape index (κ3) is 1.24. The molecule has 0 spiro atoms. The van der Waals surface area contributed by atoms with Crippen molar-refractivity contribution in [2.24, 2.45) is 0 Å². The van der Waals surface area contributed by atoms with Crippen LogP contribution in [0.15, 0.2) is 35.6 Å². The second kappa shape index (κ2) is 3.16. The normalized spacial score (nSPS) is 19.7. The van der Waals surface area contributed by atoms with E-state index >= 15 is 0 Å². The molecule has 0 unspecified atom stereocenters.